The quantitative estimate of drug-likeness (QED) is 0.883. The van der Waals surface area contributed by atoms with Crippen LogP contribution in [-0.4, -0.2) is 43.1 Å². The van der Waals surface area contributed by atoms with Gasteiger partial charge in [-0.25, -0.2) is 4.79 Å². The van der Waals surface area contributed by atoms with Crippen LogP contribution >= 0.6 is 11.3 Å². The number of rotatable bonds is 3. The molecule has 142 valence electrons. The molecule has 27 heavy (non-hydrogen) atoms. The number of hydrogen-bond donors (Lipinski definition) is 1. The third-order valence-electron chi connectivity index (χ3n) is 5.11. The molecule has 3 amide bonds. The second-order valence-electron chi connectivity index (χ2n) is 6.81. The maximum Gasteiger partial charge on any atom is 0.324 e. The molecule has 1 fully saturated rings. The van der Waals surface area contributed by atoms with Crippen molar-refractivity contribution in [3.8, 4) is 5.75 Å². The van der Waals surface area contributed by atoms with Gasteiger partial charge in [-0.15, -0.1) is 11.3 Å². The topological polar surface area (TPSA) is 61.9 Å². The number of urea groups is 1. The lowest BCUT2D eigenvalue weighted by molar-refractivity contribution is -0.126. The molecular weight excluding hydrogens is 362 g/mol. The molecule has 7 heteroatoms. The standard InChI is InChI=1S/C20H23N3O3S/c24-19(21-14-16-4-3-13-27-16)15-7-9-22(10-8-15)20(25)23-11-12-26-18-6-2-1-5-17(18)23/h1-6,13,15H,7-12,14H2,(H,21,24). The Balaban J connectivity index is 1.31. The van der Waals surface area contributed by atoms with Crippen LogP contribution in [0.1, 0.15) is 17.7 Å². The van der Waals surface area contributed by atoms with E-state index in [1.54, 1.807) is 16.2 Å². The van der Waals surface area contributed by atoms with E-state index in [4.69, 9.17) is 4.74 Å². The van der Waals surface area contributed by atoms with Crippen molar-refractivity contribution < 1.29 is 14.3 Å². The highest BCUT2D eigenvalue weighted by Gasteiger charge is 2.32. The van der Waals surface area contributed by atoms with Gasteiger partial charge < -0.3 is 15.0 Å². The molecule has 0 atom stereocenters. The van der Waals surface area contributed by atoms with E-state index in [1.165, 1.54) is 0 Å². The zero-order valence-electron chi connectivity index (χ0n) is 15.1. The normalized spacial score (nSPS) is 17.2. The summed E-state index contributed by atoms with van der Waals surface area (Å²) in [6.45, 7) is 2.85. The van der Waals surface area contributed by atoms with Crippen molar-refractivity contribution in [2.24, 2.45) is 5.92 Å². The number of anilines is 1. The summed E-state index contributed by atoms with van der Waals surface area (Å²) in [5, 5.41) is 5.03. The van der Waals surface area contributed by atoms with E-state index in [-0.39, 0.29) is 17.9 Å². The summed E-state index contributed by atoms with van der Waals surface area (Å²) in [6, 6.07) is 11.6. The monoisotopic (exact) mass is 385 g/mol. The van der Waals surface area contributed by atoms with Crippen LogP contribution in [0.4, 0.5) is 10.5 Å². The number of nitrogens with zero attached hydrogens (tertiary/aromatic N) is 2. The number of nitrogens with one attached hydrogen (secondary N) is 1. The Hall–Kier alpha value is -2.54. The molecule has 4 rings (SSSR count). The fraction of sp³-hybridized carbons (Fsp3) is 0.400. The molecule has 0 aliphatic carbocycles. The third-order valence-corrected chi connectivity index (χ3v) is 5.99. The van der Waals surface area contributed by atoms with Crippen LogP contribution in [0, 0.1) is 5.92 Å². The molecule has 6 nitrogen and oxygen atoms in total. The fourth-order valence-corrected chi connectivity index (χ4v) is 4.25. The molecule has 2 aliphatic rings. The van der Waals surface area contributed by atoms with Gasteiger partial charge in [0.2, 0.25) is 5.91 Å². The molecule has 1 saturated heterocycles. The van der Waals surface area contributed by atoms with Gasteiger partial charge in [-0.2, -0.15) is 0 Å². The van der Waals surface area contributed by atoms with Gasteiger partial charge in [-0.3, -0.25) is 9.69 Å². The van der Waals surface area contributed by atoms with Crippen molar-refractivity contribution in [3.05, 3.63) is 46.7 Å². The minimum absolute atomic E-state index is 0.00296. The van der Waals surface area contributed by atoms with Gasteiger partial charge in [0.15, 0.2) is 0 Å². The van der Waals surface area contributed by atoms with Crippen molar-refractivity contribution >= 4 is 29.0 Å². The molecule has 0 saturated carbocycles. The molecular formula is C20H23N3O3S. The van der Waals surface area contributed by atoms with Crippen LogP contribution < -0.4 is 15.0 Å². The Morgan fingerprint density at radius 1 is 1.11 bits per heavy atom. The second kappa shape index (κ2) is 8.00. The zero-order chi connectivity index (χ0) is 18.6. The number of benzene rings is 1. The Labute approximate surface area is 162 Å². The van der Waals surface area contributed by atoms with Crippen molar-refractivity contribution in [2.75, 3.05) is 31.1 Å². The lowest BCUT2D eigenvalue weighted by Gasteiger charge is -2.37. The van der Waals surface area contributed by atoms with Gasteiger partial charge in [0.25, 0.3) is 0 Å². The zero-order valence-corrected chi connectivity index (χ0v) is 15.9. The number of piperidine rings is 1. The number of thiophene rings is 1. The highest BCUT2D eigenvalue weighted by Crippen LogP contribution is 2.32. The summed E-state index contributed by atoms with van der Waals surface area (Å²) in [5.74, 6) is 0.818. The van der Waals surface area contributed by atoms with Crippen LogP contribution in [0.5, 0.6) is 5.75 Å². The lowest BCUT2D eigenvalue weighted by atomic mass is 9.96. The Bertz CT molecular complexity index is 801. The summed E-state index contributed by atoms with van der Waals surface area (Å²) >= 11 is 1.64. The molecule has 0 unspecified atom stereocenters. The van der Waals surface area contributed by atoms with Crippen LogP contribution in [0.25, 0.3) is 0 Å². The maximum atomic E-state index is 13.0. The highest BCUT2D eigenvalue weighted by molar-refractivity contribution is 7.09. The number of amides is 3. The smallest absolute Gasteiger partial charge is 0.324 e. The highest BCUT2D eigenvalue weighted by atomic mass is 32.1. The van der Waals surface area contributed by atoms with E-state index in [2.05, 4.69) is 5.32 Å². The number of ether oxygens (including phenoxy) is 1. The van der Waals surface area contributed by atoms with Crippen molar-refractivity contribution in [1.82, 2.24) is 10.2 Å². The number of hydrogen-bond acceptors (Lipinski definition) is 4. The molecule has 2 aliphatic heterocycles. The molecule has 0 radical (unpaired) electrons. The molecule has 1 aromatic carbocycles. The van der Waals surface area contributed by atoms with Crippen molar-refractivity contribution in [1.29, 1.82) is 0 Å². The van der Waals surface area contributed by atoms with Gasteiger partial charge in [0.1, 0.15) is 12.4 Å². The second-order valence-corrected chi connectivity index (χ2v) is 7.84. The number of fused-ring (bicyclic) bond motifs is 1. The van der Waals surface area contributed by atoms with E-state index in [0.717, 1.165) is 16.3 Å². The first-order valence-corrected chi connectivity index (χ1v) is 10.2. The third kappa shape index (κ3) is 3.93. The summed E-state index contributed by atoms with van der Waals surface area (Å²) < 4.78 is 5.63. The molecule has 0 bridgehead atoms. The lowest BCUT2D eigenvalue weighted by Crippen LogP contribution is -2.50. The van der Waals surface area contributed by atoms with Crippen molar-refractivity contribution in [2.45, 2.75) is 19.4 Å². The predicted octanol–water partition coefficient (Wildman–Crippen LogP) is 3.10. The van der Waals surface area contributed by atoms with Crippen LogP contribution in [0.2, 0.25) is 0 Å². The molecule has 0 spiro atoms. The van der Waals surface area contributed by atoms with E-state index in [1.807, 2.05) is 46.7 Å². The molecule has 1 aromatic heterocycles. The largest absolute Gasteiger partial charge is 0.490 e. The van der Waals surface area contributed by atoms with E-state index < -0.39 is 0 Å². The average molecular weight is 385 g/mol. The van der Waals surface area contributed by atoms with Gasteiger partial charge in [0.05, 0.1) is 18.8 Å². The van der Waals surface area contributed by atoms with Crippen molar-refractivity contribution in [3.63, 3.8) is 0 Å². The van der Waals surface area contributed by atoms with Gasteiger partial charge in [-0.1, -0.05) is 18.2 Å². The van der Waals surface area contributed by atoms with E-state index in [0.29, 0.717) is 45.6 Å². The number of likely N-dealkylation sites (tertiary alicyclic amines) is 1. The minimum Gasteiger partial charge on any atom is -0.490 e. The van der Waals surface area contributed by atoms with Gasteiger partial charge in [0, 0.05) is 23.9 Å². The molecule has 3 heterocycles. The maximum absolute atomic E-state index is 13.0. The summed E-state index contributed by atoms with van der Waals surface area (Å²) in [7, 11) is 0. The Morgan fingerprint density at radius 3 is 2.70 bits per heavy atom. The first kappa shape index (κ1) is 17.9. The number of carbonyl (C=O) groups excluding carboxylic acids is 2. The fourth-order valence-electron chi connectivity index (χ4n) is 3.60. The Kier molecular flexibility index (Phi) is 5.29. The average Bonchev–Trinajstić information content (AvgIpc) is 3.25. The van der Waals surface area contributed by atoms with E-state index >= 15 is 0 Å². The summed E-state index contributed by atoms with van der Waals surface area (Å²) in [4.78, 5) is 30.2. The predicted molar refractivity (Wildman–Crippen MR) is 105 cm³/mol. The van der Waals surface area contributed by atoms with Crippen LogP contribution in [0.15, 0.2) is 41.8 Å². The number of carbonyl (C=O) groups is 2. The molecule has 1 N–H and O–H groups in total. The van der Waals surface area contributed by atoms with Gasteiger partial charge >= 0.3 is 6.03 Å². The Morgan fingerprint density at radius 2 is 1.93 bits per heavy atom. The minimum atomic E-state index is -0.0222. The number of para-hydroxylation sites is 2. The van der Waals surface area contributed by atoms with E-state index in [9.17, 15) is 9.59 Å². The summed E-state index contributed by atoms with van der Waals surface area (Å²) in [5.41, 5.74) is 0.824. The van der Waals surface area contributed by atoms with Crippen LogP contribution in [-0.2, 0) is 11.3 Å². The SMILES string of the molecule is O=C(NCc1cccs1)C1CCN(C(=O)N2CCOc3ccccc32)CC1. The first-order valence-electron chi connectivity index (χ1n) is 9.31. The molecule has 2 aromatic rings. The first-order chi connectivity index (χ1) is 13.2. The van der Waals surface area contributed by atoms with Crippen LogP contribution in [0.3, 0.4) is 0 Å². The summed E-state index contributed by atoms with van der Waals surface area (Å²) in [6.07, 6.45) is 1.40. The van der Waals surface area contributed by atoms with Gasteiger partial charge in [-0.05, 0) is 36.4 Å².